The van der Waals surface area contributed by atoms with E-state index in [9.17, 15) is 0 Å². The van der Waals surface area contributed by atoms with Crippen LogP contribution in [0.4, 0.5) is 11.9 Å². The molecule has 1 saturated heterocycles. The van der Waals surface area contributed by atoms with Crippen LogP contribution in [-0.4, -0.2) is 43.7 Å². The number of pyridine rings is 1. The number of anilines is 2. The fourth-order valence-electron chi connectivity index (χ4n) is 3.50. The first-order valence-corrected chi connectivity index (χ1v) is 10.7. The molecule has 0 aliphatic carbocycles. The highest BCUT2D eigenvalue weighted by atomic mass is 79.9. The van der Waals surface area contributed by atoms with Crippen LogP contribution in [0.5, 0.6) is 0 Å². The molecule has 4 heterocycles. The number of halogens is 1. The quantitative estimate of drug-likeness (QED) is 0.402. The second-order valence-corrected chi connectivity index (χ2v) is 8.05. The van der Waals surface area contributed by atoms with Gasteiger partial charge in [-0.2, -0.15) is 19.6 Å². The number of nitrogens with one attached hydrogen (secondary N) is 3. The van der Waals surface area contributed by atoms with Crippen LogP contribution in [0.15, 0.2) is 59.3 Å². The summed E-state index contributed by atoms with van der Waals surface area (Å²) in [4.78, 5) is 13.7. The SMILES string of the molecule is Brc1cnn2c(NCc3ccc(-c4ccccn4)cc3)nc(N[C@@H]3CCNC3)nc12. The Balaban J connectivity index is 1.35. The average Bonchev–Trinajstić information content (AvgIpc) is 3.43. The molecule has 0 bridgehead atoms. The molecule has 5 rings (SSSR count). The van der Waals surface area contributed by atoms with Crippen LogP contribution in [0.2, 0.25) is 0 Å². The molecule has 1 atom stereocenters. The van der Waals surface area contributed by atoms with Crippen molar-refractivity contribution in [3.8, 4) is 11.3 Å². The van der Waals surface area contributed by atoms with Gasteiger partial charge in [0, 0.05) is 30.9 Å². The summed E-state index contributed by atoms with van der Waals surface area (Å²) in [5.41, 5.74) is 3.93. The number of benzene rings is 1. The van der Waals surface area contributed by atoms with Gasteiger partial charge in [0.05, 0.1) is 16.4 Å². The van der Waals surface area contributed by atoms with Crippen molar-refractivity contribution in [1.29, 1.82) is 0 Å². The second-order valence-electron chi connectivity index (χ2n) is 7.20. The van der Waals surface area contributed by atoms with E-state index < -0.39 is 0 Å². The maximum atomic E-state index is 4.67. The minimum Gasteiger partial charge on any atom is -0.350 e. The van der Waals surface area contributed by atoms with E-state index in [1.165, 1.54) is 0 Å². The number of nitrogens with zero attached hydrogens (tertiary/aromatic N) is 5. The Hall–Kier alpha value is -3.04. The first-order valence-electron chi connectivity index (χ1n) is 9.89. The Labute approximate surface area is 182 Å². The summed E-state index contributed by atoms with van der Waals surface area (Å²) >= 11 is 3.53. The molecule has 0 unspecified atom stereocenters. The second kappa shape index (κ2) is 8.37. The Bertz CT molecular complexity index is 1140. The van der Waals surface area contributed by atoms with Gasteiger partial charge >= 0.3 is 0 Å². The molecule has 9 heteroatoms. The molecule has 1 aliphatic rings. The van der Waals surface area contributed by atoms with Crippen molar-refractivity contribution in [2.45, 2.75) is 19.0 Å². The van der Waals surface area contributed by atoms with E-state index in [0.29, 0.717) is 24.5 Å². The summed E-state index contributed by atoms with van der Waals surface area (Å²) in [7, 11) is 0. The molecule has 0 amide bonds. The predicted octanol–water partition coefficient (Wildman–Crippen LogP) is 3.33. The van der Waals surface area contributed by atoms with Gasteiger partial charge in [0.25, 0.3) is 0 Å². The van der Waals surface area contributed by atoms with E-state index in [-0.39, 0.29) is 0 Å². The molecule has 0 radical (unpaired) electrons. The lowest BCUT2D eigenvalue weighted by atomic mass is 10.1. The Kier molecular flexibility index (Phi) is 5.29. The summed E-state index contributed by atoms with van der Waals surface area (Å²) in [6.45, 7) is 2.55. The van der Waals surface area contributed by atoms with Gasteiger partial charge in [-0.25, -0.2) is 0 Å². The lowest BCUT2D eigenvalue weighted by Gasteiger charge is -2.14. The van der Waals surface area contributed by atoms with Crippen LogP contribution in [0, 0.1) is 0 Å². The van der Waals surface area contributed by atoms with Crippen LogP contribution in [0.1, 0.15) is 12.0 Å². The zero-order valence-corrected chi connectivity index (χ0v) is 17.8. The summed E-state index contributed by atoms with van der Waals surface area (Å²) < 4.78 is 2.55. The number of aromatic nitrogens is 5. The van der Waals surface area contributed by atoms with Gasteiger partial charge < -0.3 is 16.0 Å². The number of hydrogen-bond donors (Lipinski definition) is 3. The summed E-state index contributed by atoms with van der Waals surface area (Å²) in [6.07, 6.45) is 4.60. The standard InChI is InChI=1S/C21H21BrN8/c22-17-13-26-30-19(17)28-20(27-16-8-10-23-12-16)29-21(30)25-11-14-4-6-15(7-5-14)18-3-1-2-9-24-18/h1-7,9,13,16,23H,8,10-12H2,(H2,25,27,28,29)/t16-/m1/s1. The van der Waals surface area contributed by atoms with Crippen molar-refractivity contribution in [2.24, 2.45) is 0 Å². The lowest BCUT2D eigenvalue weighted by molar-refractivity contribution is 0.774. The molecule has 0 spiro atoms. The largest absolute Gasteiger partial charge is 0.350 e. The Morgan fingerprint density at radius 2 is 2.03 bits per heavy atom. The van der Waals surface area contributed by atoms with Crippen molar-refractivity contribution >= 4 is 33.5 Å². The Morgan fingerprint density at radius 3 is 2.80 bits per heavy atom. The zero-order valence-electron chi connectivity index (χ0n) is 16.2. The van der Waals surface area contributed by atoms with Gasteiger partial charge in [0.15, 0.2) is 5.65 Å². The maximum absolute atomic E-state index is 4.67. The summed E-state index contributed by atoms with van der Waals surface area (Å²) in [6, 6.07) is 14.6. The minimum absolute atomic E-state index is 0.334. The molecule has 3 N–H and O–H groups in total. The van der Waals surface area contributed by atoms with Gasteiger partial charge in [-0.05, 0) is 46.6 Å². The molecular formula is C21H21BrN8. The van der Waals surface area contributed by atoms with E-state index in [1.807, 2.05) is 18.2 Å². The van der Waals surface area contributed by atoms with E-state index in [2.05, 4.69) is 76.2 Å². The molecule has 3 aromatic heterocycles. The summed E-state index contributed by atoms with van der Waals surface area (Å²) in [5, 5.41) is 14.6. The number of hydrogen-bond acceptors (Lipinski definition) is 7. The van der Waals surface area contributed by atoms with Gasteiger partial charge in [0.1, 0.15) is 0 Å². The van der Waals surface area contributed by atoms with E-state index in [0.717, 1.165) is 46.5 Å². The van der Waals surface area contributed by atoms with Crippen LogP contribution in [0.3, 0.4) is 0 Å². The number of rotatable bonds is 6. The maximum Gasteiger partial charge on any atom is 0.229 e. The van der Waals surface area contributed by atoms with Crippen molar-refractivity contribution in [3.05, 3.63) is 64.9 Å². The van der Waals surface area contributed by atoms with E-state index >= 15 is 0 Å². The van der Waals surface area contributed by atoms with Crippen LogP contribution in [0.25, 0.3) is 16.9 Å². The fourth-order valence-corrected chi connectivity index (χ4v) is 3.85. The molecule has 30 heavy (non-hydrogen) atoms. The highest BCUT2D eigenvalue weighted by Crippen LogP contribution is 2.22. The molecule has 0 saturated carbocycles. The Morgan fingerprint density at radius 1 is 1.13 bits per heavy atom. The third-order valence-electron chi connectivity index (χ3n) is 5.08. The van der Waals surface area contributed by atoms with Crippen molar-refractivity contribution in [3.63, 3.8) is 0 Å². The summed E-state index contributed by atoms with van der Waals surface area (Å²) in [5.74, 6) is 1.25. The predicted molar refractivity (Wildman–Crippen MR) is 120 cm³/mol. The van der Waals surface area contributed by atoms with Crippen molar-refractivity contribution in [1.82, 2.24) is 29.9 Å². The molecule has 8 nitrogen and oxygen atoms in total. The molecule has 1 aliphatic heterocycles. The van der Waals surface area contributed by atoms with Crippen LogP contribution < -0.4 is 16.0 Å². The van der Waals surface area contributed by atoms with Gasteiger partial charge in [-0.15, -0.1) is 0 Å². The fraction of sp³-hybridized carbons (Fsp3) is 0.238. The average molecular weight is 465 g/mol. The lowest BCUT2D eigenvalue weighted by Crippen LogP contribution is -2.24. The molecule has 1 fully saturated rings. The molecular weight excluding hydrogens is 444 g/mol. The monoisotopic (exact) mass is 464 g/mol. The highest BCUT2D eigenvalue weighted by Gasteiger charge is 2.17. The van der Waals surface area contributed by atoms with Crippen LogP contribution in [-0.2, 0) is 6.54 Å². The first-order chi connectivity index (χ1) is 14.8. The van der Waals surface area contributed by atoms with E-state index in [4.69, 9.17) is 0 Å². The highest BCUT2D eigenvalue weighted by molar-refractivity contribution is 9.10. The van der Waals surface area contributed by atoms with Gasteiger partial charge in [0.2, 0.25) is 11.9 Å². The zero-order chi connectivity index (χ0) is 20.3. The molecule has 152 valence electrons. The van der Waals surface area contributed by atoms with Crippen molar-refractivity contribution in [2.75, 3.05) is 23.7 Å². The third kappa shape index (κ3) is 3.99. The number of fused-ring (bicyclic) bond motifs is 1. The van der Waals surface area contributed by atoms with Gasteiger partial charge in [-0.1, -0.05) is 30.3 Å². The van der Waals surface area contributed by atoms with Gasteiger partial charge in [-0.3, -0.25) is 4.98 Å². The smallest absolute Gasteiger partial charge is 0.229 e. The van der Waals surface area contributed by atoms with E-state index in [1.54, 1.807) is 16.9 Å². The van der Waals surface area contributed by atoms with Crippen molar-refractivity contribution < 1.29 is 0 Å². The third-order valence-corrected chi connectivity index (χ3v) is 5.64. The van der Waals surface area contributed by atoms with Crippen LogP contribution >= 0.6 is 15.9 Å². The molecule has 1 aromatic carbocycles. The molecule has 4 aromatic rings. The minimum atomic E-state index is 0.334. The first kappa shape index (κ1) is 19.0. The topological polar surface area (TPSA) is 92.1 Å². The normalized spacial score (nSPS) is 16.1.